The van der Waals surface area contributed by atoms with Gasteiger partial charge in [-0.2, -0.15) is 0 Å². The number of benzene rings is 1. The Balaban J connectivity index is 1.38. The number of amides is 1. The fourth-order valence-electron chi connectivity index (χ4n) is 4.20. The Labute approximate surface area is 163 Å². The van der Waals surface area contributed by atoms with E-state index in [0.717, 1.165) is 51.5 Å². The highest BCUT2D eigenvalue weighted by Gasteiger charge is 2.22. The molecule has 1 aromatic carbocycles. The summed E-state index contributed by atoms with van der Waals surface area (Å²) < 4.78 is 11.2. The molecular formula is C22H34N2O3. The van der Waals surface area contributed by atoms with Crippen LogP contribution < -0.4 is 4.74 Å². The maximum absolute atomic E-state index is 11.7. The van der Waals surface area contributed by atoms with Crippen LogP contribution in [-0.4, -0.2) is 61.8 Å². The fraction of sp³-hybridized carbons (Fsp3) is 0.682. The van der Waals surface area contributed by atoms with Crippen LogP contribution in [0.1, 0.15) is 56.9 Å². The van der Waals surface area contributed by atoms with Crippen molar-refractivity contribution in [2.45, 2.75) is 51.4 Å². The third-order valence-corrected chi connectivity index (χ3v) is 5.74. The van der Waals surface area contributed by atoms with E-state index in [2.05, 4.69) is 29.2 Å². The Morgan fingerprint density at radius 1 is 1.07 bits per heavy atom. The second kappa shape index (κ2) is 10.5. The number of carbonyl (C=O) groups is 1. The van der Waals surface area contributed by atoms with Crippen molar-refractivity contribution < 1.29 is 14.3 Å². The molecular weight excluding hydrogens is 340 g/mol. The predicted molar refractivity (Wildman–Crippen MR) is 107 cm³/mol. The predicted octanol–water partition coefficient (Wildman–Crippen LogP) is 4.28. The smallest absolute Gasteiger partial charge is 0.409 e. The summed E-state index contributed by atoms with van der Waals surface area (Å²) in [4.78, 5) is 16.0. The van der Waals surface area contributed by atoms with Gasteiger partial charge in [-0.15, -0.1) is 0 Å². The van der Waals surface area contributed by atoms with Gasteiger partial charge >= 0.3 is 6.09 Å². The van der Waals surface area contributed by atoms with Crippen molar-refractivity contribution >= 4 is 6.09 Å². The van der Waals surface area contributed by atoms with E-state index >= 15 is 0 Å². The van der Waals surface area contributed by atoms with Crippen LogP contribution >= 0.6 is 0 Å². The lowest BCUT2D eigenvalue weighted by molar-refractivity contribution is 0.0781. The number of hydrogen-bond acceptors (Lipinski definition) is 4. The lowest BCUT2D eigenvalue weighted by Gasteiger charge is -2.34. The van der Waals surface area contributed by atoms with E-state index < -0.39 is 0 Å². The van der Waals surface area contributed by atoms with Crippen LogP contribution in [0.15, 0.2) is 24.3 Å². The van der Waals surface area contributed by atoms with Crippen molar-refractivity contribution in [3.63, 3.8) is 0 Å². The number of nitrogens with zero attached hydrogens (tertiary/aromatic N) is 2. The van der Waals surface area contributed by atoms with Crippen LogP contribution in [0.2, 0.25) is 0 Å². The molecule has 1 amide bonds. The van der Waals surface area contributed by atoms with Crippen molar-refractivity contribution in [1.29, 1.82) is 0 Å². The minimum atomic E-state index is -0.181. The zero-order valence-electron chi connectivity index (χ0n) is 16.7. The topological polar surface area (TPSA) is 42.0 Å². The van der Waals surface area contributed by atoms with E-state index in [9.17, 15) is 4.79 Å². The van der Waals surface area contributed by atoms with Gasteiger partial charge in [0, 0.05) is 32.7 Å². The average Bonchev–Trinajstić information content (AvgIpc) is 2.73. The van der Waals surface area contributed by atoms with E-state index in [0.29, 0.717) is 12.5 Å². The molecule has 0 unspecified atom stereocenters. The van der Waals surface area contributed by atoms with Crippen LogP contribution in [0.4, 0.5) is 4.79 Å². The highest BCUT2D eigenvalue weighted by Crippen LogP contribution is 2.37. The molecule has 0 bridgehead atoms. The van der Waals surface area contributed by atoms with E-state index in [-0.39, 0.29) is 6.09 Å². The van der Waals surface area contributed by atoms with Gasteiger partial charge in [0.05, 0.1) is 13.2 Å². The van der Waals surface area contributed by atoms with Crippen LogP contribution in [-0.2, 0) is 4.74 Å². The Morgan fingerprint density at radius 3 is 2.56 bits per heavy atom. The minimum absolute atomic E-state index is 0.181. The lowest BCUT2D eigenvalue weighted by Crippen LogP contribution is -2.49. The number of ether oxygens (including phenoxy) is 2. The van der Waals surface area contributed by atoms with Crippen LogP contribution in [0.25, 0.3) is 0 Å². The molecule has 2 aliphatic rings. The molecule has 1 heterocycles. The average molecular weight is 375 g/mol. The maximum atomic E-state index is 11.7. The molecule has 3 rings (SSSR count). The van der Waals surface area contributed by atoms with E-state index in [4.69, 9.17) is 9.47 Å². The monoisotopic (exact) mass is 374 g/mol. The summed E-state index contributed by atoms with van der Waals surface area (Å²) >= 11 is 0. The molecule has 1 saturated heterocycles. The molecule has 27 heavy (non-hydrogen) atoms. The second-order valence-electron chi connectivity index (χ2n) is 7.60. The third-order valence-electron chi connectivity index (χ3n) is 5.74. The van der Waals surface area contributed by atoms with E-state index in [1.807, 2.05) is 6.92 Å². The van der Waals surface area contributed by atoms with Gasteiger partial charge in [0.15, 0.2) is 0 Å². The molecule has 1 aromatic rings. The largest absolute Gasteiger partial charge is 0.493 e. The second-order valence-corrected chi connectivity index (χ2v) is 7.60. The van der Waals surface area contributed by atoms with Crippen molar-refractivity contribution in [3.8, 4) is 5.75 Å². The SMILES string of the molecule is CCOC(=O)N1CCN(CCCOc2ccccc2C2CCCCC2)CC1. The molecule has 5 heteroatoms. The zero-order chi connectivity index (χ0) is 18.9. The van der Waals surface area contributed by atoms with Gasteiger partial charge in [-0.3, -0.25) is 4.90 Å². The lowest BCUT2D eigenvalue weighted by atomic mass is 9.84. The minimum Gasteiger partial charge on any atom is -0.493 e. The summed E-state index contributed by atoms with van der Waals surface area (Å²) in [5.41, 5.74) is 1.40. The summed E-state index contributed by atoms with van der Waals surface area (Å²) in [6, 6.07) is 8.60. The Hall–Kier alpha value is -1.75. The summed E-state index contributed by atoms with van der Waals surface area (Å²) in [5.74, 6) is 1.75. The first-order valence-corrected chi connectivity index (χ1v) is 10.6. The van der Waals surface area contributed by atoms with Gasteiger partial charge in [0.25, 0.3) is 0 Å². The third kappa shape index (κ3) is 5.86. The van der Waals surface area contributed by atoms with Crippen molar-refractivity contribution in [2.75, 3.05) is 45.9 Å². The number of para-hydroxylation sites is 1. The van der Waals surface area contributed by atoms with Crippen molar-refractivity contribution in [1.82, 2.24) is 9.80 Å². The van der Waals surface area contributed by atoms with Crippen LogP contribution in [0.3, 0.4) is 0 Å². The molecule has 150 valence electrons. The van der Waals surface area contributed by atoms with E-state index in [1.54, 1.807) is 4.90 Å². The molecule has 0 atom stereocenters. The molecule has 2 fully saturated rings. The van der Waals surface area contributed by atoms with Gasteiger partial charge in [-0.05, 0) is 43.7 Å². The summed E-state index contributed by atoms with van der Waals surface area (Å²) in [7, 11) is 0. The number of carbonyl (C=O) groups excluding carboxylic acids is 1. The molecule has 1 aliphatic heterocycles. The molecule has 0 N–H and O–H groups in total. The highest BCUT2D eigenvalue weighted by atomic mass is 16.6. The molecule has 5 nitrogen and oxygen atoms in total. The number of rotatable bonds is 7. The molecule has 1 saturated carbocycles. The Bertz CT molecular complexity index is 579. The summed E-state index contributed by atoms with van der Waals surface area (Å²) in [6.07, 6.45) is 7.49. The maximum Gasteiger partial charge on any atom is 0.409 e. The number of piperazine rings is 1. The zero-order valence-corrected chi connectivity index (χ0v) is 16.7. The summed E-state index contributed by atoms with van der Waals surface area (Å²) in [5, 5.41) is 0. The quantitative estimate of drug-likeness (QED) is 0.668. The van der Waals surface area contributed by atoms with Gasteiger partial charge < -0.3 is 14.4 Å². The fourth-order valence-corrected chi connectivity index (χ4v) is 4.20. The summed E-state index contributed by atoms with van der Waals surface area (Å²) in [6.45, 7) is 7.40. The van der Waals surface area contributed by atoms with Gasteiger partial charge in [0.1, 0.15) is 5.75 Å². The Morgan fingerprint density at radius 2 is 1.81 bits per heavy atom. The number of hydrogen-bond donors (Lipinski definition) is 0. The standard InChI is InChI=1S/C22H34N2O3/c1-2-26-22(25)24-16-14-23(15-17-24)13-8-18-27-21-12-7-6-11-20(21)19-9-4-3-5-10-19/h6-7,11-12,19H,2-5,8-10,13-18H2,1H3. The normalized spacial score (nSPS) is 19.1. The van der Waals surface area contributed by atoms with Gasteiger partial charge in [0.2, 0.25) is 0 Å². The Kier molecular flexibility index (Phi) is 7.81. The van der Waals surface area contributed by atoms with Crippen molar-refractivity contribution in [3.05, 3.63) is 29.8 Å². The first-order chi connectivity index (χ1) is 13.3. The van der Waals surface area contributed by atoms with E-state index in [1.165, 1.54) is 37.7 Å². The van der Waals surface area contributed by atoms with Crippen LogP contribution in [0, 0.1) is 0 Å². The van der Waals surface area contributed by atoms with Gasteiger partial charge in [-0.25, -0.2) is 4.79 Å². The molecule has 0 spiro atoms. The molecule has 0 radical (unpaired) electrons. The van der Waals surface area contributed by atoms with Crippen LogP contribution in [0.5, 0.6) is 5.75 Å². The first kappa shape index (κ1) is 20.0. The molecule has 1 aliphatic carbocycles. The first-order valence-electron chi connectivity index (χ1n) is 10.6. The highest BCUT2D eigenvalue weighted by molar-refractivity contribution is 5.67. The molecule has 0 aromatic heterocycles. The van der Waals surface area contributed by atoms with Crippen molar-refractivity contribution in [2.24, 2.45) is 0 Å². The van der Waals surface area contributed by atoms with Gasteiger partial charge in [-0.1, -0.05) is 37.5 Å².